The molecule has 7 nitrogen and oxygen atoms in total. The number of aromatic nitrogens is 2. The number of aliphatic hydroxyl groups excluding tert-OH is 1. The largest absolute Gasteiger partial charge is 0.465 e. The molecule has 2 N–H and O–H groups in total. The van der Waals surface area contributed by atoms with Crippen molar-refractivity contribution >= 4 is 17.6 Å². The van der Waals surface area contributed by atoms with Crippen LogP contribution in [0.3, 0.4) is 0 Å². The van der Waals surface area contributed by atoms with Crippen molar-refractivity contribution in [1.29, 1.82) is 0 Å². The van der Waals surface area contributed by atoms with Crippen LogP contribution in [-0.2, 0) is 17.7 Å². The number of benzene rings is 1. The highest BCUT2D eigenvalue weighted by atomic mass is 16.5. The Bertz CT molecular complexity index is 854. The lowest BCUT2D eigenvalue weighted by atomic mass is 9.97. The van der Waals surface area contributed by atoms with Gasteiger partial charge in [-0.1, -0.05) is 19.9 Å². The molecule has 0 saturated heterocycles. The second kappa shape index (κ2) is 8.56. The average Bonchev–Trinajstić information content (AvgIpc) is 2.69. The summed E-state index contributed by atoms with van der Waals surface area (Å²) in [4.78, 5) is 23.0. The van der Waals surface area contributed by atoms with Crippen LogP contribution >= 0.6 is 0 Å². The van der Waals surface area contributed by atoms with Crippen LogP contribution in [0.15, 0.2) is 24.3 Å². The minimum absolute atomic E-state index is 0.0513. The summed E-state index contributed by atoms with van der Waals surface area (Å²) in [6.07, 6.45) is 0.831. The Morgan fingerprint density at radius 3 is 2.75 bits per heavy atom. The Hall–Kier alpha value is -2.67. The zero-order valence-corrected chi connectivity index (χ0v) is 16.9. The van der Waals surface area contributed by atoms with Crippen LogP contribution in [0.25, 0.3) is 0 Å². The lowest BCUT2D eigenvalue weighted by Gasteiger charge is -2.30. The van der Waals surface area contributed by atoms with Gasteiger partial charge in [0.25, 0.3) is 0 Å². The van der Waals surface area contributed by atoms with E-state index in [9.17, 15) is 9.90 Å². The molecule has 1 aromatic carbocycles. The lowest BCUT2D eigenvalue weighted by molar-refractivity contribution is 0.0600. The summed E-state index contributed by atoms with van der Waals surface area (Å²) in [6.45, 7) is 7.58. The number of nitrogens with one attached hydrogen (secondary N) is 1. The lowest BCUT2D eigenvalue weighted by Crippen LogP contribution is -2.32. The fraction of sp³-hybridized carbons (Fsp3) is 0.476. The van der Waals surface area contributed by atoms with Crippen LogP contribution in [0.1, 0.15) is 41.2 Å². The van der Waals surface area contributed by atoms with E-state index in [0.717, 1.165) is 31.1 Å². The predicted octanol–water partition coefficient (Wildman–Crippen LogP) is 2.56. The Morgan fingerprint density at radius 2 is 2.07 bits per heavy atom. The molecule has 1 aliphatic rings. The van der Waals surface area contributed by atoms with Crippen LogP contribution in [0.5, 0.6) is 0 Å². The smallest absolute Gasteiger partial charge is 0.337 e. The van der Waals surface area contributed by atoms with Gasteiger partial charge in [0.15, 0.2) is 0 Å². The van der Waals surface area contributed by atoms with Crippen molar-refractivity contribution in [2.75, 3.05) is 30.5 Å². The van der Waals surface area contributed by atoms with Crippen LogP contribution in [0.4, 0.5) is 11.6 Å². The van der Waals surface area contributed by atoms with Crippen molar-refractivity contribution in [3.8, 4) is 0 Å². The van der Waals surface area contributed by atoms with Crippen LogP contribution in [0, 0.1) is 12.8 Å². The number of carbonyl (C=O) groups excluding carboxylic acids is 1. The van der Waals surface area contributed by atoms with E-state index >= 15 is 0 Å². The molecule has 2 heterocycles. The highest BCUT2D eigenvalue weighted by molar-refractivity contribution is 5.89. The minimum Gasteiger partial charge on any atom is -0.465 e. The minimum atomic E-state index is -0.309. The van der Waals surface area contributed by atoms with Gasteiger partial charge < -0.3 is 20.1 Å². The molecule has 7 heteroatoms. The third-order valence-corrected chi connectivity index (χ3v) is 5.12. The Kier molecular flexibility index (Phi) is 6.14. The highest BCUT2D eigenvalue weighted by Gasteiger charge is 2.21. The molecule has 0 aliphatic carbocycles. The molecule has 0 fully saturated rings. The van der Waals surface area contributed by atoms with E-state index in [4.69, 9.17) is 4.74 Å². The van der Waals surface area contributed by atoms with Crippen molar-refractivity contribution in [3.63, 3.8) is 0 Å². The molecule has 0 bridgehead atoms. The molecule has 0 spiro atoms. The molecule has 1 aromatic heterocycles. The van der Waals surface area contributed by atoms with E-state index in [-0.39, 0.29) is 24.5 Å². The van der Waals surface area contributed by atoms with E-state index in [2.05, 4.69) is 34.0 Å². The van der Waals surface area contributed by atoms with Crippen molar-refractivity contribution in [1.82, 2.24) is 9.97 Å². The van der Waals surface area contributed by atoms with E-state index in [0.29, 0.717) is 11.4 Å². The van der Waals surface area contributed by atoms with Gasteiger partial charge in [-0.2, -0.15) is 0 Å². The molecule has 150 valence electrons. The van der Waals surface area contributed by atoms with Crippen molar-refractivity contribution in [2.45, 2.75) is 39.8 Å². The molecule has 1 aliphatic heterocycles. The standard InChI is InChI=1S/C21H28N4O3/c1-13(2)18(12-26)24-19-10-20(23-14(3)22-19)25-8-7-15-9-16(21(27)28-4)5-6-17(15)11-25/h5-6,9-10,13,18,26H,7-8,11-12H2,1-4H3,(H,22,23,24)/t18-/m0/s1. The van der Waals surface area contributed by atoms with Gasteiger partial charge in [-0.3, -0.25) is 0 Å². The third kappa shape index (κ3) is 4.42. The SMILES string of the molecule is COC(=O)c1ccc2c(c1)CCN(c1cc(N[C@@H](CO)C(C)C)nc(C)n1)C2. The first kappa shape index (κ1) is 20.1. The molecule has 28 heavy (non-hydrogen) atoms. The first-order valence-corrected chi connectivity index (χ1v) is 9.59. The second-order valence-corrected chi connectivity index (χ2v) is 7.48. The fourth-order valence-electron chi connectivity index (χ4n) is 3.39. The first-order valence-electron chi connectivity index (χ1n) is 9.59. The molecule has 0 radical (unpaired) electrons. The summed E-state index contributed by atoms with van der Waals surface area (Å²) in [5.74, 6) is 2.25. The van der Waals surface area contributed by atoms with Gasteiger partial charge in [0.1, 0.15) is 17.5 Å². The fourth-order valence-corrected chi connectivity index (χ4v) is 3.39. The molecular weight excluding hydrogens is 356 g/mol. The number of rotatable bonds is 6. The van der Waals surface area contributed by atoms with Crippen LogP contribution in [-0.4, -0.2) is 47.3 Å². The maximum absolute atomic E-state index is 11.7. The number of anilines is 2. The Morgan fingerprint density at radius 1 is 1.29 bits per heavy atom. The zero-order chi connectivity index (χ0) is 20.3. The number of methoxy groups -OCH3 is 1. The van der Waals surface area contributed by atoms with Gasteiger partial charge in [-0.15, -0.1) is 0 Å². The van der Waals surface area contributed by atoms with Gasteiger partial charge >= 0.3 is 5.97 Å². The number of nitrogens with zero attached hydrogens (tertiary/aromatic N) is 3. The van der Waals surface area contributed by atoms with Gasteiger partial charge in [-0.05, 0) is 42.5 Å². The van der Waals surface area contributed by atoms with E-state index < -0.39 is 0 Å². The maximum atomic E-state index is 11.7. The molecular formula is C21H28N4O3. The number of carbonyl (C=O) groups is 1. The molecule has 2 aromatic rings. The summed E-state index contributed by atoms with van der Waals surface area (Å²) >= 11 is 0. The average molecular weight is 384 g/mol. The normalized spacial score (nSPS) is 14.6. The van der Waals surface area contributed by atoms with E-state index in [1.54, 1.807) is 6.07 Å². The zero-order valence-electron chi connectivity index (χ0n) is 16.9. The summed E-state index contributed by atoms with van der Waals surface area (Å²) in [5, 5.41) is 12.9. The van der Waals surface area contributed by atoms with Gasteiger partial charge in [0.2, 0.25) is 0 Å². The third-order valence-electron chi connectivity index (χ3n) is 5.12. The van der Waals surface area contributed by atoms with Crippen molar-refractivity contribution < 1.29 is 14.6 Å². The van der Waals surface area contributed by atoms with Crippen LogP contribution in [0.2, 0.25) is 0 Å². The predicted molar refractivity (Wildman–Crippen MR) is 109 cm³/mol. The molecule has 0 saturated carbocycles. The quantitative estimate of drug-likeness (QED) is 0.740. The molecule has 0 amide bonds. The highest BCUT2D eigenvalue weighted by Crippen LogP contribution is 2.26. The molecule has 0 unspecified atom stereocenters. The topological polar surface area (TPSA) is 87.6 Å². The monoisotopic (exact) mass is 384 g/mol. The van der Waals surface area contributed by atoms with Crippen molar-refractivity contribution in [2.24, 2.45) is 5.92 Å². The molecule has 3 rings (SSSR count). The van der Waals surface area contributed by atoms with E-state index in [1.165, 1.54) is 18.2 Å². The molecule has 1 atom stereocenters. The summed E-state index contributed by atoms with van der Waals surface area (Å²) in [7, 11) is 1.40. The van der Waals surface area contributed by atoms with Gasteiger partial charge in [-0.25, -0.2) is 14.8 Å². The summed E-state index contributed by atoms with van der Waals surface area (Å²) < 4.78 is 4.81. The number of hydrogen-bond donors (Lipinski definition) is 2. The number of ether oxygens (including phenoxy) is 1. The summed E-state index contributed by atoms with van der Waals surface area (Å²) in [6, 6.07) is 7.60. The van der Waals surface area contributed by atoms with Crippen molar-refractivity contribution in [3.05, 3.63) is 46.8 Å². The Labute approximate surface area is 165 Å². The summed E-state index contributed by atoms with van der Waals surface area (Å²) in [5.41, 5.74) is 2.94. The number of aryl methyl sites for hydroxylation is 1. The van der Waals surface area contributed by atoms with Gasteiger partial charge in [0.05, 0.1) is 25.3 Å². The van der Waals surface area contributed by atoms with E-state index in [1.807, 2.05) is 25.1 Å². The van der Waals surface area contributed by atoms with Gasteiger partial charge in [0, 0.05) is 19.2 Å². The number of fused-ring (bicyclic) bond motifs is 1. The number of esters is 1. The Balaban J connectivity index is 1.80. The van der Waals surface area contributed by atoms with Crippen LogP contribution < -0.4 is 10.2 Å². The number of hydrogen-bond acceptors (Lipinski definition) is 7. The number of aliphatic hydroxyl groups is 1. The maximum Gasteiger partial charge on any atom is 0.337 e. The first-order chi connectivity index (χ1) is 13.4. The second-order valence-electron chi connectivity index (χ2n) is 7.48.